The van der Waals surface area contributed by atoms with Crippen molar-refractivity contribution in [2.75, 3.05) is 5.32 Å². The zero-order valence-corrected chi connectivity index (χ0v) is 15.5. The quantitative estimate of drug-likeness (QED) is 0.653. The van der Waals surface area contributed by atoms with E-state index in [-0.39, 0.29) is 12.0 Å². The van der Waals surface area contributed by atoms with E-state index < -0.39 is 0 Å². The molecule has 0 atom stereocenters. The van der Waals surface area contributed by atoms with Gasteiger partial charge in [0.25, 0.3) is 5.91 Å². The molecule has 0 aliphatic rings. The Morgan fingerprint density at radius 1 is 1.15 bits per heavy atom. The van der Waals surface area contributed by atoms with Gasteiger partial charge in [0.2, 0.25) is 0 Å². The van der Waals surface area contributed by atoms with Gasteiger partial charge in [0.05, 0.1) is 22.9 Å². The molecule has 0 spiro atoms. The van der Waals surface area contributed by atoms with Crippen molar-refractivity contribution in [1.82, 2.24) is 4.98 Å². The number of carbonyl (C=O) groups excluding carboxylic acids is 1. The van der Waals surface area contributed by atoms with Crippen molar-refractivity contribution in [2.45, 2.75) is 26.6 Å². The molecular weight excluding hydrogens is 348 g/mol. The maximum absolute atomic E-state index is 12.6. The van der Waals surface area contributed by atoms with Crippen LogP contribution in [0.4, 0.5) is 5.69 Å². The molecular formula is C20H20N2O3S. The molecule has 3 aromatic rings. The van der Waals surface area contributed by atoms with E-state index in [9.17, 15) is 4.79 Å². The third-order valence-electron chi connectivity index (χ3n) is 3.47. The molecule has 3 rings (SSSR count). The highest BCUT2D eigenvalue weighted by Crippen LogP contribution is 2.22. The molecule has 0 unspecified atom stereocenters. The molecule has 0 saturated heterocycles. The summed E-state index contributed by atoms with van der Waals surface area (Å²) in [7, 11) is 0. The highest BCUT2D eigenvalue weighted by Gasteiger charge is 2.13. The van der Waals surface area contributed by atoms with Gasteiger partial charge in [-0.15, -0.1) is 11.3 Å². The lowest BCUT2D eigenvalue weighted by Crippen LogP contribution is -2.13. The summed E-state index contributed by atoms with van der Waals surface area (Å²) >= 11 is 1.51. The van der Waals surface area contributed by atoms with Crippen molar-refractivity contribution in [3.8, 4) is 11.5 Å². The predicted octanol–water partition coefficient (Wildman–Crippen LogP) is 4.76. The van der Waals surface area contributed by atoms with Crippen molar-refractivity contribution in [3.05, 3.63) is 70.7 Å². The normalized spacial score (nSPS) is 10.6. The number of nitrogens with one attached hydrogen (secondary N) is 1. The summed E-state index contributed by atoms with van der Waals surface area (Å²) in [6, 6.07) is 14.5. The van der Waals surface area contributed by atoms with Gasteiger partial charge in [-0.1, -0.05) is 12.1 Å². The summed E-state index contributed by atoms with van der Waals surface area (Å²) in [6.07, 6.45) is 0.109. The predicted molar refractivity (Wildman–Crippen MR) is 103 cm³/mol. The Balaban J connectivity index is 1.67. The van der Waals surface area contributed by atoms with Gasteiger partial charge in [0.15, 0.2) is 0 Å². The Labute approximate surface area is 156 Å². The van der Waals surface area contributed by atoms with Crippen LogP contribution in [0, 0.1) is 0 Å². The molecule has 1 amide bonds. The number of nitrogens with zero attached hydrogens (tertiary/aromatic N) is 1. The number of anilines is 1. The molecule has 1 heterocycles. The maximum atomic E-state index is 12.6. The zero-order valence-electron chi connectivity index (χ0n) is 14.6. The number of para-hydroxylation sites is 1. The van der Waals surface area contributed by atoms with E-state index in [1.807, 2.05) is 55.6 Å². The minimum Gasteiger partial charge on any atom is -0.491 e. The van der Waals surface area contributed by atoms with Crippen LogP contribution in [0.15, 0.2) is 59.4 Å². The summed E-state index contributed by atoms with van der Waals surface area (Å²) < 4.78 is 11.4. The van der Waals surface area contributed by atoms with Crippen LogP contribution < -0.4 is 14.8 Å². The fraction of sp³-hybridized carbons (Fsp3) is 0.200. The summed E-state index contributed by atoms with van der Waals surface area (Å²) in [6.45, 7) is 4.27. The topological polar surface area (TPSA) is 60.5 Å². The number of aromatic nitrogens is 1. The van der Waals surface area contributed by atoms with Crippen molar-refractivity contribution in [2.24, 2.45) is 0 Å². The Morgan fingerprint density at radius 2 is 1.92 bits per heavy atom. The van der Waals surface area contributed by atoms with Gasteiger partial charge in [-0.3, -0.25) is 4.79 Å². The smallest absolute Gasteiger partial charge is 0.259 e. The lowest BCUT2D eigenvalue weighted by Gasteiger charge is -2.12. The second-order valence-electron chi connectivity index (χ2n) is 5.91. The molecule has 1 N–H and O–H groups in total. The average Bonchev–Trinajstić information content (AvgIpc) is 3.15. The molecule has 0 aliphatic heterocycles. The Morgan fingerprint density at radius 3 is 2.62 bits per heavy atom. The van der Waals surface area contributed by atoms with Crippen LogP contribution in [0.25, 0.3) is 0 Å². The number of hydrogen-bond donors (Lipinski definition) is 1. The number of hydrogen-bond acceptors (Lipinski definition) is 5. The summed E-state index contributed by atoms with van der Waals surface area (Å²) in [5.74, 6) is 1.07. The average molecular weight is 368 g/mol. The largest absolute Gasteiger partial charge is 0.491 e. The van der Waals surface area contributed by atoms with Crippen LogP contribution >= 0.6 is 11.3 Å². The van der Waals surface area contributed by atoms with Crippen molar-refractivity contribution >= 4 is 22.9 Å². The fourth-order valence-electron chi connectivity index (χ4n) is 2.33. The number of ether oxygens (including phenoxy) is 2. The standard InChI is InChI=1S/C20H20N2O3S/c1-14(2)25-17-9-7-15(8-10-17)22-20(23)18-5-3-4-6-19(18)24-11-16-12-26-13-21-16/h3-10,12-14H,11H2,1-2H3,(H,22,23). The number of benzene rings is 2. The second kappa shape index (κ2) is 8.49. The van der Waals surface area contributed by atoms with Gasteiger partial charge in [-0.25, -0.2) is 4.98 Å². The van der Waals surface area contributed by atoms with Gasteiger partial charge in [-0.2, -0.15) is 0 Å². The molecule has 6 heteroatoms. The molecule has 0 aliphatic carbocycles. The highest BCUT2D eigenvalue weighted by molar-refractivity contribution is 7.07. The Kier molecular flexibility index (Phi) is 5.86. The Bertz CT molecular complexity index is 846. The van der Waals surface area contributed by atoms with E-state index in [0.29, 0.717) is 23.6 Å². The SMILES string of the molecule is CC(C)Oc1ccc(NC(=O)c2ccccc2OCc2cscn2)cc1. The highest BCUT2D eigenvalue weighted by atomic mass is 32.1. The van der Waals surface area contributed by atoms with E-state index in [0.717, 1.165) is 11.4 Å². The lowest BCUT2D eigenvalue weighted by atomic mass is 10.2. The molecule has 0 radical (unpaired) electrons. The summed E-state index contributed by atoms with van der Waals surface area (Å²) in [4.78, 5) is 16.8. The first-order chi connectivity index (χ1) is 12.6. The Hall–Kier alpha value is -2.86. The molecule has 0 fully saturated rings. The third kappa shape index (κ3) is 4.83. The van der Waals surface area contributed by atoms with Crippen LogP contribution in [0.1, 0.15) is 29.9 Å². The maximum Gasteiger partial charge on any atom is 0.259 e. The van der Waals surface area contributed by atoms with Crippen molar-refractivity contribution in [1.29, 1.82) is 0 Å². The second-order valence-corrected chi connectivity index (χ2v) is 6.63. The van der Waals surface area contributed by atoms with Crippen LogP contribution in [0.3, 0.4) is 0 Å². The summed E-state index contributed by atoms with van der Waals surface area (Å²) in [5.41, 5.74) is 3.76. The van der Waals surface area contributed by atoms with Crippen LogP contribution in [-0.2, 0) is 6.61 Å². The number of thiazole rings is 1. The van der Waals surface area contributed by atoms with E-state index in [4.69, 9.17) is 9.47 Å². The van der Waals surface area contributed by atoms with Crippen LogP contribution in [-0.4, -0.2) is 17.0 Å². The molecule has 2 aromatic carbocycles. The van der Waals surface area contributed by atoms with Gasteiger partial charge < -0.3 is 14.8 Å². The van der Waals surface area contributed by atoms with Crippen molar-refractivity contribution in [3.63, 3.8) is 0 Å². The minimum atomic E-state index is -0.226. The van der Waals surface area contributed by atoms with E-state index in [1.165, 1.54) is 11.3 Å². The van der Waals surface area contributed by atoms with E-state index >= 15 is 0 Å². The summed E-state index contributed by atoms with van der Waals surface area (Å²) in [5, 5.41) is 4.80. The zero-order chi connectivity index (χ0) is 18.4. The number of amides is 1. The molecule has 0 bridgehead atoms. The fourth-order valence-corrected chi connectivity index (χ4v) is 2.87. The van der Waals surface area contributed by atoms with Gasteiger partial charge in [0.1, 0.15) is 18.1 Å². The van der Waals surface area contributed by atoms with Gasteiger partial charge in [-0.05, 0) is 50.2 Å². The first-order valence-electron chi connectivity index (χ1n) is 8.29. The lowest BCUT2D eigenvalue weighted by molar-refractivity contribution is 0.102. The van der Waals surface area contributed by atoms with Crippen LogP contribution in [0.2, 0.25) is 0 Å². The minimum absolute atomic E-state index is 0.109. The molecule has 0 saturated carbocycles. The van der Waals surface area contributed by atoms with Gasteiger partial charge in [0, 0.05) is 11.1 Å². The van der Waals surface area contributed by atoms with E-state index in [1.54, 1.807) is 17.6 Å². The first kappa shape index (κ1) is 17.9. The molecule has 1 aromatic heterocycles. The molecule has 5 nitrogen and oxygen atoms in total. The van der Waals surface area contributed by atoms with Crippen molar-refractivity contribution < 1.29 is 14.3 Å². The first-order valence-corrected chi connectivity index (χ1v) is 9.23. The number of rotatable bonds is 7. The monoisotopic (exact) mass is 368 g/mol. The molecule has 26 heavy (non-hydrogen) atoms. The van der Waals surface area contributed by atoms with E-state index in [2.05, 4.69) is 10.3 Å². The number of carbonyl (C=O) groups is 1. The van der Waals surface area contributed by atoms with Gasteiger partial charge >= 0.3 is 0 Å². The molecule has 134 valence electrons. The third-order valence-corrected chi connectivity index (χ3v) is 4.11. The van der Waals surface area contributed by atoms with Crippen LogP contribution in [0.5, 0.6) is 11.5 Å².